The van der Waals surface area contributed by atoms with Gasteiger partial charge in [-0.3, -0.25) is 9.89 Å². The Hall–Kier alpha value is -1.39. The van der Waals surface area contributed by atoms with E-state index in [0.717, 1.165) is 49.9 Å². The lowest BCUT2D eigenvalue weighted by atomic mass is 10.1. The Bertz CT molecular complexity index is 735. The van der Waals surface area contributed by atoms with Gasteiger partial charge in [0.1, 0.15) is 12.1 Å². The quantitative estimate of drug-likeness (QED) is 0.383. The van der Waals surface area contributed by atoms with E-state index in [0.29, 0.717) is 18.0 Å². The molecule has 148 valence electrons. The van der Waals surface area contributed by atoms with Crippen molar-refractivity contribution in [3.63, 3.8) is 0 Å². The molecule has 0 saturated carbocycles. The van der Waals surface area contributed by atoms with E-state index in [1.807, 2.05) is 6.07 Å². The predicted octanol–water partition coefficient (Wildman–Crippen LogP) is 3.02. The van der Waals surface area contributed by atoms with E-state index < -0.39 is 0 Å². The number of benzene rings is 1. The molecule has 3 rings (SSSR count). The summed E-state index contributed by atoms with van der Waals surface area (Å²) in [6.07, 6.45) is 2.31. The van der Waals surface area contributed by atoms with Crippen molar-refractivity contribution in [1.82, 2.24) is 20.3 Å². The van der Waals surface area contributed by atoms with Gasteiger partial charge in [0.15, 0.2) is 5.96 Å². The molecule has 1 aromatic heterocycles. The van der Waals surface area contributed by atoms with Crippen LogP contribution in [-0.2, 0) is 13.0 Å². The Labute approximate surface area is 180 Å². The molecule has 1 N–H and O–H groups in total. The van der Waals surface area contributed by atoms with E-state index in [1.165, 1.54) is 12.1 Å². The molecule has 0 amide bonds. The molecule has 1 fully saturated rings. The van der Waals surface area contributed by atoms with Crippen molar-refractivity contribution in [1.29, 1.82) is 0 Å². The van der Waals surface area contributed by atoms with Gasteiger partial charge in [-0.25, -0.2) is 4.39 Å². The maximum Gasteiger partial charge on any atom is 0.193 e. The molecule has 2 aromatic rings. The number of aliphatic imine (C=N–C) groups is 1. The third-order valence-electron chi connectivity index (χ3n) is 4.45. The van der Waals surface area contributed by atoms with E-state index in [-0.39, 0.29) is 29.8 Å². The Kier molecular flexibility index (Phi) is 8.78. The number of guanidine groups is 1. The summed E-state index contributed by atoms with van der Waals surface area (Å²) in [5.74, 6) is 0.565. The summed E-state index contributed by atoms with van der Waals surface area (Å²) >= 11 is 6.08. The standard InChI is InChI=1S/C18H23ClFN5O.HI/c1-21-18(22-6-4-14-2-3-15(20)12-17(14)19)25-9-7-24(8-10-25)13-16-5-11-26-23-16;/h2-3,5,11-12H,4,6-10,13H2,1H3,(H,21,22);1H. The van der Waals surface area contributed by atoms with Crippen molar-refractivity contribution in [2.45, 2.75) is 13.0 Å². The van der Waals surface area contributed by atoms with Crippen LogP contribution < -0.4 is 5.32 Å². The number of hydrogen-bond acceptors (Lipinski definition) is 4. The molecule has 0 aliphatic carbocycles. The van der Waals surface area contributed by atoms with Gasteiger partial charge in [-0.15, -0.1) is 24.0 Å². The average molecular weight is 508 g/mol. The van der Waals surface area contributed by atoms with Crippen LogP contribution in [0, 0.1) is 5.82 Å². The second-order valence-corrected chi connectivity index (χ2v) is 6.62. The van der Waals surface area contributed by atoms with Crippen LogP contribution in [0.4, 0.5) is 4.39 Å². The summed E-state index contributed by atoms with van der Waals surface area (Å²) in [5.41, 5.74) is 1.88. The number of aromatic nitrogens is 1. The molecule has 1 saturated heterocycles. The Balaban J connectivity index is 0.00000261. The highest BCUT2D eigenvalue weighted by molar-refractivity contribution is 14.0. The predicted molar refractivity (Wildman–Crippen MR) is 115 cm³/mol. The zero-order chi connectivity index (χ0) is 18.4. The fourth-order valence-electron chi connectivity index (χ4n) is 3.03. The molecule has 6 nitrogen and oxygen atoms in total. The first-order chi connectivity index (χ1) is 12.7. The second-order valence-electron chi connectivity index (χ2n) is 6.21. The van der Waals surface area contributed by atoms with E-state index in [9.17, 15) is 4.39 Å². The van der Waals surface area contributed by atoms with Crippen LogP contribution in [0.3, 0.4) is 0 Å². The second kappa shape index (κ2) is 10.8. The van der Waals surface area contributed by atoms with Crippen molar-refractivity contribution in [3.05, 3.63) is 52.6 Å². The van der Waals surface area contributed by atoms with Crippen LogP contribution in [0.1, 0.15) is 11.3 Å². The molecule has 0 radical (unpaired) electrons. The van der Waals surface area contributed by atoms with Gasteiger partial charge in [0, 0.05) is 57.4 Å². The first-order valence-corrected chi connectivity index (χ1v) is 9.04. The van der Waals surface area contributed by atoms with E-state index in [4.69, 9.17) is 16.1 Å². The highest BCUT2D eigenvalue weighted by Gasteiger charge is 2.20. The highest BCUT2D eigenvalue weighted by atomic mass is 127. The van der Waals surface area contributed by atoms with Crippen LogP contribution in [0.5, 0.6) is 0 Å². The number of rotatable bonds is 5. The topological polar surface area (TPSA) is 56.9 Å². The molecule has 1 aliphatic rings. The number of piperazine rings is 1. The van der Waals surface area contributed by atoms with Crippen LogP contribution >= 0.6 is 35.6 Å². The van der Waals surface area contributed by atoms with Gasteiger partial charge in [-0.1, -0.05) is 22.8 Å². The van der Waals surface area contributed by atoms with Crippen LogP contribution in [0.25, 0.3) is 0 Å². The minimum Gasteiger partial charge on any atom is -0.364 e. The van der Waals surface area contributed by atoms with Crippen LogP contribution in [0.15, 0.2) is 40.0 Å². The largest absolute Gasteiger partial charge is 0.364 e. The van der Waals surface area contributed by atoms with Crippen molar-refractivity contribution in [2.24, 2.45) is 4.99 Å². The van der Waals surface area contributed by atoms with Crippen LogP contribution in [-0.4, -0.2) is 60.7 Å². The van der Waals surface area contributed by atoms with E-state index in [1.54, 1.807) is 19.4 Å². The molecular formula is C18H24ClFIN5O. The lowest BCUT2D eigenvalue weighted by Gasteiger charge is -2.36. The number of halogens is 3. The van der Waals surface area contributed by atoms with Gasteiger partial charge in [0.2, 0.25) is 0 Å². The summed E-state index contributed by atoms with van der Waals surface area (Å²) in [7, 11) is 1.79. The van der Waals surface area contributed by atoms with E-state index >= 15 is 0 Å². The summed E-state index contributed by atoms with van der Waals surface area (Å²) in [5, 5.41) is 7.79. The van der Waals surface area contributed by atoms with Gasteiger partial charge in [-0.2, -0.15) is 0 Å². The van der Waals surface area contributed by atoms with Gasteiger partial charge < -0.3 is 14.7 Å². The summed E-state index contributed by atoms with van der Waals surface area (Å²) in [6, 6.07) is 6.40. The Morgan fingerprint density at radius 3 is 2.70 bits per heavy atom. The molecule has 2 heterocycles. The van der Waals surface area contributed by atoms with Crippen molar-refractivity contribution in [2.75, 3.05) is 39.8 Å². The number of nitrogens with one attached hydrogen (secondary N) is 1. The average Bonchev–Trinajstić information content (AvgIpc) is 3.14. The fourth-order valence-corrected chi connectivity index (χ4v) is 3.29. The monoisotopic (exact) mass is 507 g/mol. The Morgan fingerprint density at radius 2 is 2.07 bits per heavy atom. The van der Waals surface area contributed by atoms with Gasteiger partial charge in [-0.05, 0) is 24.1 Å². The molecular weight excluding hydrogens is 484 g/mol. The molecule has 0 unspecified atom stereocenters. The minimum absolute atomic E-state index is 0. The molecule has 0 atom stereocenters. The number of nitrogens with zero attached hydrogens (tertiary/aromatic N) is 4. The maximum absolute atomic E-state index is 13.1. The maximum atomic E-state index is 13.1. The van der Waals surface area contributed by atoms with Gasteiger partial charge >= 0.3 is 0 Å². The molecule has 9 heteroatoms. The van der Waals surface area contributed by atoms with Crippen LogP contribution in [0.2, 0.25) is 5.02 Å². The SMILES string of the molecule is CN=C(NCCc1ccc(F)cc1Cl)N1CCN(Cc2ccon2)CC1.I. The smallest absolute Gasteiger partial charge is 0.193 e. The van der Waals surface area contributed by atoms with Crippen molar-refractivity contribution >= 4 is 41.5 Å². The van der Waals surface area contributed by atoms with Crippen molar-refractivity contribution < 1.29 is 8.91 Å². The summed E-state index contributed by atoms with van der Waals surface area (Å²) < 4.78 is 18.0. The third kappa shape index (κ3) is 6.32. The number of hydrogen-bond donors (Lipinski definition) is 1. The molecule has 1 aromatic carbocycles. The fraction of sp³-hybridized carbons (Fsp3) is 0.444. The highest BCUT2D eigenvalue weighted by Crippen LogP contribution is 2.17. The third-order valence-corrected chi connectivity index (χ3v) is 4.80. The molecule has 27 heavy (non-hydrogen) atoms. The first kappa shape index (κ1) is 21.9. The lowest BCUT2D eigenvalue weighted by molar-refractivity contribution is 0.169. The minimum atomic E-state index is -0.314. The van der Waals surface area contributed by atoms with Gasteiger partial charge in [0.25, 0.3) is 0 Å². The van der Waals surface area contributed by atoms with Crippen molar-refractivity contribution in [3.8, 4) is 0 Å². The zero-order valence-electron chi connectivity index (χ0n) is 15.2. The Morgan fingerprint density at radius 1 is 1.30 bits per heavy atom. The van der Waals surface area contributed by atoms with Gasteiger partial charge in [0.05, 0.1) is 5.69 Å². The molecule has 0 bridgehead atoms. The first-order valence-electron chi connectivity index (χ1n) is 8.67. The summed E-state index contributed by atoms with van der Waals surface area (Å²) in [4.78, 5) is 8.96. The van der Waals surface area contributed by atoms with E-state index in [2.05, 4.69) is 25.3 Å². The normalized spacial score (nSPS) is 15.5. The lowest BCUT2D eigenvalue weighted by Crippen LogP contribution is -2.52. The summed E-state index contributed by atoms with van der Waals surface area (Å²) in [6.45, 7) is 5.18. The molecule has 1 aliphatic heterocycles. The molecule has 0 spiro atoms. The zero-order valence-corrected chi connectivity index (χ0v) is 18.3.